The Morgan fingerprint density at radius 3 is 2.20 bits per heavy atom. The lowest BCUT2D eigenvalue weighted by Crippen LogP contribution is -2.44. The summed E-state index contributed by atoms with van der Waals surface area (Å²) >= 11 is 0. The highest BCUT2D eigenvalue weighted by Crippen LogP contribution is 2.20. The molecular formula is C18H24N4O6S2. The molecular weight excluding hydrogens is 432 g/mol. The van der Waals surface area contributed by atoms with Gasteiger partial charge in [0, 0.05) is 11.4 Å². The standard InChI is InChI=1S/C18H24N4O6S2/c1-3-4-11-22(28-30(26,27)16-9-10-17(20)13(2)12-16)18(23)21-29(24,25)15-7-5-14(19)6-8-15/h5-10,12H,3-4,11,19-20H2,1-2H3,(H,21,23). The predicted molar refractivity (Wildman–Crippen MR) is 112 cm³/mol. The molecule has 0 heterocycles. The van der Waals surface area contributed by atoms with Gasteiger partial charge in [0.2, 0.25) is 0 Å². The fourth-order valence-corrected chi connectivity index (χ4v) is 4.28. The summed E-state index contributed by atoms with van der Waals surface area (Å²) in [7, 11) is -8.67. The van der Waals surface area contributed by atoms with Crippen LogP contribution >= 0.6 is 0 Å². The molecule has 0 atom stereocenters. The quantitative estimate of drug-likeness (QED) is 0.401. The highest BCUT2D eigenvalue weighted by atomic mass is 32.2. The molecule has 2 aromatic rings. The van der Waals surface area contributed by atoms with Gasteiger partial charge in [-0.2, -0.15) is 13.5 Å². The number of rotatable bonds is 8. The average molecular weight is 457 g/mol. The second kappa shape index (κ2) is 9.32. The van der Waals surface area contributed by atoms with Crippen LogP contribution in [-0.2, 0) is 24.4 Å². The van der Waals surface area contributed by atoms with Gasteiger partial charge in [-0.15, -0.1) is 4.28 Å². The number of benzene rings is 2. The van der Waals surface area contributed by atoms with E-state index < -0.39 is 26.2 Å². The van der Waals surface area contributed by atoms with E-state index >= 15 is 0 Å². The lowest BCUT2D eigenvalue weighted by Gasteiger charge is -2.21. The summed E-state index contributed by atoms with van der Waals surface area (Å²) in [5.74, 6) is 0. The summed E-state index contributed by atoms with van der Waals surface area (Å²) in [6.07, 6.45) is 0.991. The molecule has 164 valence electrons. The van der Waals surface area contributed by atoms with Crippen LogP contribution in [0.25, 0.3) is 0 Å². The normalized spacial score (nSPS) is 11.8. The summed E-state index contributed by atoms with van der Waals surface area (Å²) in [6.45, 7) is 3.29. The Kier molecular flexibility index (Phi) is 7.29. The van der Waals surface area contributed by atoms with Gasteiger partial charge in [-0.1, -0.05) is 13.3 Å². The summed E-state index contributed by atoms with van der Waals surface area (Å²) < 4.78 is 56.8. The van der Waals surface area contributed by atoms with E-state index in [4.69, 9.17) is 15.8 Å². The first-order valence-corrected chi connectivity index (χ1v) is 11.9. The van der Waals surface area contributed by atoms with Crippen LogP contribution in [0, 0.1) is 6.92 Å². The van der Waals surface area contributed by atoms with Crippen LogP contribution in [0.4, 0.5) is 16.2 Å². The van der Waals surface area contributed by atoms with Crippen LogP contribution in [-0.4, -0.2) is 34.5 Å². The van der Waals surface area contributed by atoms with Crippen molar-refractivity contribution in [2.24, 2.45) is 0 Å². The van der Waals surface area contributed by atoms with Gasteiger partial charge in [-0.25, -0.2) is 17.9 Å². The summed E-state index contributed by atoms with van der Waals surface area (Å²) in [6, 6.07) is 7.84. The zero-order chi connectivity index (χ0) is 22.5. The van der Waals surface area contributed by atoms with E-state index in [9.17, 15) is 21.6 Å². The molecule has 0 aromatic heterocycles. The van der Waals surface area contributed by atoms with Gasteiger partial charge in [0.25, 0.3) is 10.0 Å². The number of aryl methyl sites for hydroxylation is 1. The molecule has 0 spiro atoms. The number of unbranched alkanes of at least 4 members (excludes halogenated alkanes) is 1. The van der Waals surface area contributed by atoms with Crippen molar-refractivity contribution < 1.29 is 25.9 Å². The number of nitrogen functional groups attached to an aromatic ring is 2. The first kappa shape index (κ1) is 23.4. The van der Waals surface area contributed by atoms with Crippen molar-refractivity contribution in [1.82, 2.24) is 9.79 Å². The molecule has 0 saturated heterocycles. The largest absolute Gasteiger partial charge is 0.399 e. The van der Waals surface area contributed by atoms with Gasteiger partial charge < -0.3 is 11.5 Å². The Morgan fingerprint density at radius 2 is 1.63 bits per heavy atom. The number of sulfonamides is 1. The number of hydroxylamine groups is 2. The minimum absolute atomic E-state index is 0.146. The summed E-state index contributed by atoms with van der Waals surface area (Å²) in [5.41, 5.74) is 12.5. The molecule has 0 bridgehead atoms. The maximum absolute atomic E-state index is 12.6. The Bertz CT molecular complexity index is 1120. The maximum Gasteiger partial charge on any atom is 0.356 e. The lowest BCUT2D eigenvalue weighted by atomic mass is 10.2. The molecule has 0 unspecified atom stereocenters. The Morgan fingerprint density at radius 1 is 1.03 bits per heavy atom. The monoisotopic (exact) mass is 456 g/mol. The number of anilines is 2. The maximum atomic E-state index is 12.6. The number of carbonyl (C=O) groups excluding carboxylic acids is 1. The van der Waals surface area contributed by atoms with Gasteiger partial charge >= 0.3 is 16.1 Å². The number of nitrogens with zero attached hydrogens (tertiary/aromatic N) is 1. The zero-order valence-electron chi connectivity index (χ0n) is 16.5. The number of carbonyl (C=O) groups is 1. The van der Waals surface area contributed by atoms with E-state index in [1.807, 2.05) is 6.92 Å². The van der Waals surface area contributed by atoms with E-state index in [2.05, 4.69) is 0 Å². The third-order valence-electron chi connectivity index (χ3n) is 4.07. The van der Waals surface area contributed by atoms with Crippen molar-refractivity contribution >= 4 is 37.5 Å². The molecule has 2 aromatic carbocycles. The van der Waals surface area contributed by atoms with E-state index in [0.717, 1.165) is 0 Å². The van der Waals surface area contributed by atoms with Crippen LogP contribution in [0.15, 0.2) is 52.3 Å². The number of urea groups is 1. The third kappa shape index (κ3) is 5.84. The Balaban J connectivity index is 2.26. The molecule has 0 aliphatic carbocycles. The second-order valence-corrected chi connectivity index (χ2v) is 9.69. The molecule has 30 heavy (non-hydrogen) atoms. The van der Waals surface area contributed by atoms with Gasteiger partial charge in [0.15, 0.2) is 0 Å². The van der Waals surface area contributed by atoms with Crippen LogP contribution in [0.2, 0.25) is 0 Å². The number of nitrogens with one attached hydrogen (secondary N) is 1. The predicted octanol–water partition coefficient (Wildman–Crippen LogP) is 1.98. The average Bonchev–Trinajstić information content (AvgIpc) is 2.67. The molecule has 2 rings (SSSR count). The molecule has 0 saturated carbocycles. The molecule has 12 heteroatoms. The zero-order valence-corrected chi connectivity index (χ0v) is 18.2. The second-order valence-electron chi connectivity index (χ2n) is 6.48. The fraction of sp³-hybridized carbons (Fsp3) is 0.278. The molecule has 0 fully saturated rings. The Hall–Kier alpha value is -2.83. The summed E-state index contributed by atoms with van der Waals surface area (Å²) in [4.78, 5) is 12.1. The lowest BCUT2D eigenvalue weighted by molar-refractivity contribution is -0.00464. The fourth-order valence-electron chi connectivity index (χ4n) is 2.31. The number of hydrogen-bond donors (Lipinski definition) is 3. The smallest absolute Gasteiger partial charge is 0.356 e. The minimum Gasteiger partial charge on any atom is -0.399 e. The van der Waals surface area contributed by atoms with E-state index in [1.54, 1.807) is 11.6 Å². The van der Waals surface area contributed by atoms with E-state index in [0.29, 0.717) is 34.8 Å². The topological polar surface area (TPSA) is 162 Å². The number of hydrogen-bond acceptors (Lipinski definition) is 8. The van der Waals surface area contributed by atoms with Crippen LogP contribution in [0.1, 0.15) is 25.3 Å². The highest BCUT2D eigenvalue weighted by Gasteiger charge is 2.28. The van der Waals surface area contributed by atoms with Gasteiger partial charge in [-0.3, -0.25) is 0 Å². The van der Waals surface area contributed by atoms with Crippen molar-refractivity contribution in [2.45, 2.75) is 36.5 Å². The van der Waals surface area contributed by atoms with Crippen LogP contribution < -0.4 is 16.2 Å². The van der Waals surface area contributed by atoms with Crippen molar-refractivity contribution in [1.29, 1.82) is 0 Å². The molecule has 5 N–H and O–H groups in total. The molecule has 0 aliphatic rings. The third-order valence-corrected chi connectivity index (χ3v) is 6.61. The molecule has 2 amide bonds. The number of amides is 2. The van der Waals surface area contributed by atoms with Gasteiger partial charge in [-0.05, 0) is 61.4 Å². The van der Waals surface area contributed by atoms with E-state index in [1.165, 1.54) is 42.5 Å². The van der Waals surface area contributed by atoms with Crippen molar-refractivity contribution in [3.8, 4) is 0 Å². The first-order valence-electron chi connectivity index (χ1n) is 8.97. The van der Waals surface area contributed by atoms with Gasteiger partial charge in [0.05, 0.1) is 16.3 Å². The minimum atomic E-state index is -4.40. The molecule has 0 radical (unpaired) electrons. The van der Waals surface area contributed by atoms with Crippen molar-refractivity contribution in [3.63, 3.8) is 0 Å². The van der Waals surface area contributed by atoms with Crippen molar-refractivity contribution in [3.05, 3.63) is 48.0 Å². The van der Waals surface area contributed by atoms with Gasteiger partial charge in [0.1, 0.15) is 0 Å². The van der Waals surface area contributed by atoms with Crippen LogP contribution in [0.5, 0.6) is 0 Å². The number of nitrogens with two attached hydrogens (primary N) is 2. The van der Waals surface area contributed by atoms with E-state index in [-0.39, 0.29) is 16.3 Å². The molecule has 10 nitrogen and oxygen atoms in total. The molecule has 0 aliphatic heterocycles. The Labute approximate surface area is 175 Å². The first-order chi connectivity index (χ1) is 14.0. The van der Waals surface area contributed by atoms with Crippen LogP contribution in [0.3, 0.4) is 0 Å². The van der Waals surface area contributed by atoms with Crippen molar-refractivity contribution in [2.75, 3.05) is 18.0 Å². The SMILES string of the molecule is CCCCN(OS(=O)(=O)c1ccc(N)c(C)c1)C(=O)NS(=O)(=O)c1ccc(N)cc1. The summed E-state index contributed by atoms with van der Waals surface area (Å²) in [5, 5.41) is 0.472. The highest BCUT2D eigenvalue weighted by molar-refractivity contribution is 7.90.